The summed E-state index contributed by atoms with van der Waals surface area (Å²) in [7, 11) is 0. The third kappa shape index (κ3) is 6.60. The van der Waals surface area contributed by atoms with Crippen molar-refractivity contribution in [3.05, 3.63) is 69.7 Å². The van der Waals surface area contributed by atoms with Gasteiger partial charge >= 0.3 is 0 Å². The summed E-state index contributed by atoms with van der Waals surface area (Å²) in [4.78, 5) is 0. The van der Waals surface area contributed by atoms with E-state index < -0.39 is 0 Å². The molecule has 1 aliphatic carbocycles. The molecule has 0 bridgehead atoms. The quantitative estimate of drug-likeness (QED) is 0.578. The van der Waals surface area contributed by atoms with E-state index in [2.05, 4.69) is 22.8 Å². The molecule has 0 saturated heterocycles. The van der Waals surface area contributed by atoms with E-state index in [1.165, 1.54) is 25.7 Å². The highest BCUT2D eigenvalue weighted by molar-refractivity contribution is 6.31. The van der Waals surface area contributed by atoms with E-state index in [0.717, 1.165) is 34.3 Å². The maximum atomic E-state index is 6.27. The first-order valence-electron chi connectivity index (χ1n) is 8.67. The predicted molar refractivity (Wildman–Crippen MR) is 117 cm³/mol. The second-order valence-electron chi connectivity index (χ2n) is 6.44. The molecule has 0 radical (unpaired) electrons. The summed E-state index contributed by atoms with van der Waals surface area (Å²) in [6, 6.07) is 17.0. The number of hydrogen-bond donors (Lipinski definition) is 2. The Kier molecular flexibility index (Phi) is 10.9. The first kappa shape index (κ1) is 23.6. The van der Waals surface area contributed by atoms with Crippen molar-refractivity contribution in [1.29, 1.82) is 0 Å². The molecule has 144 valence electrons. The summed E-state index contributed by atoms with van der Waals surface area (Å²) >= 11 is 12.5. The molecule has 2 nitrogen and oxygen atoms in total. The van der Waals surface area contributed by atoms with Gasteiger partial charge in [-0.05, 0) is 36.1 Å². The molecule has 0 heterocycles. The van der Waals surface area contributed by atoms with Gasteiger partial charge in [0, 0.05) is 35.2 Å². The normalized spacial score (nSPS) is 19.3. The zero-order valence-electron chi connectivity index (χ0n) is 14.6. The minimum Gasteiger partial charge on any atom is -0.308 e. The smallest absolute Gasteiger partial charge is 0.0450 e. The van der Waals surface area contributed by atoms with Crippen molar-refractivity contribution >= 4 is 48.0 Å². The maximum Gasteiger partial charge on any atom is 0.0450 e. The summed E-state index contributed by atoms with van der Waals surface area (Å²) in [5, 5.41) is 9.07. The summed E-state index contributed by atoms with van der Waals surface area (Å²) in [6.07, 6.45) is 4.96. The van der Waals surface area contributed by atoms with E-state index in [1.54, 1.807) is 0 Å². The van der Waals surface area contributed by atoms with Crippen LogP contribution in [0.15, 0.2) is 48.5 Å². The molecule has 0 amide bonds. The van der Waals surface area contributed by atoms with Crippen LogP contribution in [0.5, 0.6) is 0 Å². The van der Waals surface area contributed by atoms with E-state index in [1.807, 2.05) is 36.4 Å². The number of rotatable bonds is 6. The van der Waals surface area contributed by atoms with Gasteiger partial charge in [-0.25, -0.2) is 0 Å². The molecule has 1 saturated carbocycles. The van der Waals surface area contributed by atoms with Crippen LogP contribution in [0.2, 0.25) is 10.0 Å². The van der Waals surface area contributed by atoms with E-state index >= 15 is 0 Å². The first-order chi connectivity index (χ1) is 11.7. The van der Waals surface area contributed by atoms with Crippen molar-refractivity contribution in [1.82, 2.24) is 10.6 Å². The van der Waals surface area contributed by atoms with Gasteiger partial charge < -0.3 is 10.6 Å². The minimum absolute atomic E-state index is 0. The van der Waals surface area contributed by atoms with Crippen LogP contribution in [-0.4, -0.2) is 12.1 Å². The van der Waals surface area contributed by atoms with E-state index in [0.29, 0.717) is 12.1 Å². The lowest BCUT2D eigenvalue weighted by molar-refractivity contribution is 0.281. The fourth-order valence-electron chi connectivity index (χ4n) is 3.39. The standard InChI is InChI=1S/C20H24Cl2N2.2ClH/c21-17-9-3-1-7-15(17)13-23-19-11-5-6-12-20(19)24-14-16-8-2-4-10-18(16)22;;/h1-4,7-10,19-20,23-24H,5-6,11-14H2;2*1H. The van der Waals surface area contributed by atoms with Gasteiger partial charge in [-0.1, -0.05) is 72.4 Å². The third-order valence-corrected chi connectivity index (χ3v) is 5.53. The molecule has 0 aromatic heterocycles. The van der Waals surface area contributed by atoms with Gasteiger partial charge in [-0.3, -0.25) is 0 Å². The molecular weight excluding hydrogens is 410 g/mol. The van der Waals surface area contributed by atoms with Crippen molar-refractivity contribution in [2.24, 2.45) is 0 Å². The molecule has 26 heavy (non-hydrogen) atoms. The SMILES string of the molecule is Cl.Cl.Clc1ccccc1CNC1CCCCC1NCc1ccccc1Cl. The molecule has 2 unspecified atom stereocenters. The van der Waals surface area contributed by atoms with E-state index in [-0.39, 0.29) is 24.8 Å². The summed E-state index contributed by atoms with van der Waals surface area (Å²) in [5.74, 6) is 0. The van der Waals surface area contributed by atoms with Crippen LogP contribution in [0, 0.1) is 0 Å². The van der Waals surface area contributed by atoms with Gasteiger partial charge in [0.15, 0.2) is 0 Å². The molecule has 6 heteroatoms. The van der Waals surface area contributed by atoms with E-state index in [9.17, 15) is 0 Å². The van der Waals surface area contributed by atoms with Gasteiger partial charge in [0.1, 0.15) is 0 Å². The fourth-order valence-corrected chi connectivity index (χ4v) is 3.79. The van der Waals surface area contributed by atoms with Gasteiger partial charge in [-0.15, -0.1) is 24.8 Å². The number of halogens is 4. The molecule has 0 aliphatic heterocycles. The fraction of sp³-hybridized carbons (Fsp3) is 0.400. The van der Waals surface area contributed by atoms with Crippen molar-refractivity contribution in [2.45, 2.75) is 50.9 Å². The van der Waals surface area contributed by atoms with Gasteiger partial charge in [0.25, 0.3) is 0 Å². The Morgan fingerprint density at radius 2 is 1.08 bits per heavy atom. The van der Waals surface area contributed by atoms with Crippen LogP contribution < -0.4 is 10.6 Å². The highest BCUT2D eigenvalue weighted by Gasteiger charge is 2.24. The van der Waals surface area contributed by atoms with Crippen LogP contribution in [-0.2, 0) is 13.1 Å². The number of hydrogen-bond acceptors (Lipinski definition) is 2. The van der Waals surface area contributed by atoms with Crippen molar-refractivity contribution < 1.29 is 0 Å². The zero-order valence-corrected chi connectivity index (χ0v) is 17.7. The zero-order chi connectivity index (χ0) is 16.8. The molecule has 0 spiro atoms. The van der Waals surface area contributed by atoms with Gasteiger partial charge in [0.2, 0.25) is 0 Å². The van der Waals surface area contributed by atoms with Crippen LogP contribution in [0.3, 0.4) is 0 Å². The lowest BCUT2D eigenvalue weighted by atomic mass is 9.90. The van der Waals surface area contributed by atoms with Gasteiger partial charge in [0.05, 0.1) is 0 Å². The Morgan fingerprint density at radius 1 is 0.692 bits per heavy atom. The molecule has 1 aliphatic rings. The first-order valence-corrected chi connectivity index (χ1v) is 9.43. The monoisotopic (exact) mass is 434 g/mol. The summed E-state index contributed by atoms with van der Waals surface area (Å²) in [6.45, 7) is 1.63. The largest absolute Gasteiger partial charge is 0.308 e. The third-order valence-electron chi connectivity index (χ3n) is 4.79. The average Bonchev–Trinajstić information content (AvgIpc) is 2.61. The van der Waals surface area contributed by atoms with Crippen LogP contribution in [0.1, 0.15) is 36.8 Å². The van der Waals surface area contributed by atoms with Crippen molar-refractivity contribution in [3.8, 4) is 0 Å². The molecule has 3 rings (SSSR count). The molecule has 2 aromatic rings. The van der Waals surface area contributed by atoms with Crippen LogP contribution in [0.25, 0.3) is 0 Å². The highest BCUT2D eigenvalue weighted by Crippen LogP contribution is 2.22. The Balaban J connectivity index is 0.00000169. The Bertz CT molecular complexity index is 608. The van der Waals surface area contributed by atoms with E-state index in [4.69, 9.17) is 23.2 Å². The maximum absolute atomic E-state index is 6.27. The summed E-state index contributed by atoms with van der Waals surface area (Å²) in [5.41, 5.74) is 2.32. The summed E-state index contributed by atoms with van der Waals surface area (Å²) < 4.78 is 0. The minimum atomic E-state index is 0. The second kappa shape index (κ2) is 12.1. The predicted octanol–water partition coefficient (Wildman–Crippen LogP) is 6.03. The van der Waals surface area contributed by atoms with Crippen LogP contribution in [0.4, 0.5) is 0 Å². The second-order valence-corrected chi connectivity index (χ2v) is 7.26. The van der Waals surface area contributed by atoms with Crippen molar-refractivity contribution in [2.75, 3.05) is 0 Å². The average molecular weight is 436 g/mol. The molecule has 2 atom stereocenters. The van der Waals surface area contributed by atoms with Gasteiger partial charge in [-0.2, -0.15) is 0 Å². The number of benzene rings is 2. The van der Waals surface area contributed by atoms with Crippen LogP contribution >= 0.6 is 48.0 Å². The van der Waals surface area contributed by atoms with Crippen molar-refractivity contribution in [3.63, 3.8) is 0 Å². The Labute approximate surface area is 178 Å². The lowest BCUT2D eigenvalue weighted by Crippen LogP contribution is -2.49. The Morgan fingerprint density at radius 3 is 1.46 bits per heavy atom. The number of nitrogens with one attached hydrogen (secondary N) is 2. The highest BCUT2D eigenvalue weighted by atomic mass is 35.5. The molecule has 2 N–H and O–H groups in total. The molecular formula is C20H26Cl4N2. The molecule has 2 aromatic carbocycles. The Hall–Kier alpha value is -0.480. The topological polar surface area (TPSA) is 24.1 Å². The lowest BCUT2D eigenvalue weighted by Gasteiger charge is -2.33. The molecule has 1 fully saturated rings.